The number of nitrogens with zero attached hydrogens (tertiary/aromatic N) is 5. The fraction of sp³-hybridized carbons (Fsp3) is 0.400. The number of hydrogen-bond acceptors (Lipinski definition) is 7. The summed E-state index contributed by atoms with van der Waals surface area (Å²) in [6.45, 7) is 3.58. The number of hydrogen-bond donors (Lipinski definition) is 3. The highest BCUT2D eigenvalue weighted by Crippen LogP contribution is 2.21. The fourth-order valence-electron chi connectivity index (χ4n) is 3.85. The van der Waals surface area contributed by atoms with E-state index in [0.29, 0.717) is 11.9 Å². The van der Waals surface area contributed by atoms with Crippen molar-refractivity contribution >= 4 is 22.9 Å². The lowest BCUT2D eigenvalue weighted by Crippen LogP contribution is -2.38. The monoisotopic (exact) mass is 395 g/mol. The zero-order valence-electron chi connectivity index (χ0n) is 16.4. The van der Waals surface area contributed by atoms with Crippen LogP contribution in [-0.2, 0) is 13.6 Å². The third-order valence-electron chi connectivity index (χ3n) is 5.46. The van der Waals surface area contributed by atoms with Gasteiger partial charge in [0.15, 0.2) is 0 Å². The van der Waals surface area contributed by atoms with Gasteiger partial charge in [0.05, 0.1) is 5.56 Å². The van der Waals surface area contributed by atoms with E-state index in [1.54, 1.807) is 5.48 Å². The molecule has 4 heterocycles. The lowest BCUT2D eigenvalue weighted by Gasteiger charge is -2.32. The van der Waals surface area contributed by atoms with Crippen molar-refractivity contribution in [2.24, 2.45) is 13.0 Å². The molecule has 1 saturated heterocycles. The minimum absolute atomic E-state index is 0.235. The molecule has 1 amide bonds. The number of piperidine rings is 1. The number of hydroxylamine groups is 1. The van der Waals surface area contributed by atoms with Gasteiger partial charge >= 0.3 is 0 Å². The van der Waals surface area contributed by atoms with E-state index in [2.05, 4.69) is 42.0 Å². The van der Waals surface area contributed by atoms with Gasteiger partial charge in [0.2, 0.25) is 5.95 Å². The molecule has 3 N–H and O–H groups in total. The predicted octanol–water partition coefficient (Wildman–Crippen LogP) is 1.49. The van der Waals surface area contributed by atoms with Crippen LogP contribution in [0.2, 0.25) is 0 Å². The van der Waals surface area contributed by atoms with Crippen LogP contribution in [0.1, 0.15) is 28.8 Å². The molecule has 1 aliphatic rings. The summed E-state index contributed by atoms with van der Waals surface area (Å²) in [7, 11) is 2.03. The molecular formula is C20H25N7O2. The van der Waals surface area contributed by atoms with E-state index < -0.39 is 5.91 Å². The number of carbonyl (C=O) groups is 1. The number of rotatable bonds is 6. The summed E-state index contributed by atoms with van der Waals surface area (Å²) < 4.78 is 2.07. The van der Waals surface area contributed by atoms with Gasteiger partial charge in [-0.25, -0.2) is 20.4 Å². The summed E-state index contributed by atoms with van der Waals surface area (Å²) in [4.78, 5) is 26.4. The topological polar surface area (TPSA) is 108 Å². The fourth-order valence-corrected chi connectivity index (χ4v) is 3.85. The number of anilines is 1. The van der Waals surface area contributed by atoms with Gasteiger partial charge in [0.1, 0.15) is 5.65 Å². The van der Waals surface area contributed by atoms with Crippen LogP contribution >= 0.6 is 0 Å². The van der Waals surface area contributed by atoms with E-state index in [4.69, 9.17) is 5.21 Å². The van der Waals surface area contributed by atoms with E-state index >= 15 is 0 Å². The molecule has 0 bridgehead atoms. The Morgan fingerprint density at radius 2 is 2.00 bits per heavy atom. The number of fused-ring (bicyclic) bond motifs is 1. The van der Waals surface area contributed by atoms with Crippen LogP contribution < -0.4 is 15.7 Å². The Hall–Kier alpha value is -3.04. The maximum absolute atomic E-state index is 11.4. The van der Waals surface area contributed by atoms with Crippen LogP contribution in [-0.4, -0.2) is 50.3 Å². The molecule has 4 rings (SSSR count). The highest BCUT2D eigenvalue weighted by molar-refractivity contribution is 5.92. The molecule has 0 atom stereocenters. The number of nitrogens with one attached hydrogen (secondary N) is 2. The molecule has 0 spiro atoms. The molecule has 9 heteroatoms. The van der Waals surface area contributed by atoms with Crippen molar-refractivity contribution in [1.29, 1.82) is 0 Å². The Morgan fingerprint density at radius 1 is 1.24 bits per heavy atom. The summed E-state index contributed by atoms with van der Waals surface area (Å²) in [6.07, 6.45) is 8.96. The van der Waals surface area contributed by atoms with E-state index in [0.717, 1.165) is 44.7 Å². The zero-order chi connectivity index (χ0) is 20.2. The van der Waals surface area contributed by atoms with Crippen molar-refractivity contribution in [2.45, 2.75) is 19.4 Å². The van der Waals surface area contributed by atoms with Crippen LogP contribution in [0, 0.1) is 5.92 Å². The molecule has 1 aliphatic heterocycles. The Morgan fingerprint density at radius 3 is 2.72 bits per heavy atom. The summed E-state index contributed by atoms with van der Waals surface area (Å²) in [5, 5.41) is 13.5. The number of aromatic nitrogens is 4. The lowest BCUT2D eigenvalue weighted by atomic mass is 9.97. The Bertz CT molecular complexity index is 978. The van der Waals surface area contributed by atoms with Crippen molar-refractivity contribution in [3.8, 4) is 0 Å². The van der Waals surface area contributed by atoms with E-state index in [1.165, 1.54) is 23.3 Å². The summed E-state index contributed by atoms with van der Waals surface area (Å²) >= 11 is 0. The number of amides is 1. The van der Waals surface area contributed by atoms with Crippen LogP contribution in [0.4, 0.5) is 5.95 Å². The van der Waals surface area contributed by atoms with Gasteiger partial charge in [-0.3, -0.25) is 10.0 Å². The van der Waals surface area contributed by atoms with Crippen molar-refractivity contribution in [2.75, 3.05) is 24.5 Å². The highest BCUT2D eigenvalue weighted by Gasteiger charge is 2.21. The van der Waals surface area contributed by atoms with Gasteiger partial charge in [-0.1, -0.05) is 0 Å². The molecule has 9 nitrogen and oxygen atoms in total. The van der Waals surface area contributed by atoms with Gasteiger partial charge < -0.3 is 14.8 Å². The second-order valence-electron chi connectivity index (χ2n) is 7.41. The molecule has 1 fully saturated rings. The van der Waals surface area contributed by atoms with Crippen LogP contribution in [0.15, 0.2) is 36.9 Å². The molecule has 29 heavy (non-hydrogen) atoms. The van der Waals surface area contributed by atoms with Crippen LogP contribution in [0.5, 0.6) is 0 Å². The van der Waals surface area contributed by atoms with Crippen LogP contribution in [0.25, 0.3) is 11.0 Å². The summed E-state index contributed by atoms with van der Waals surface area (Å²) in [5.74, 6) is 0.622. The smallest absolute Gasteiger partial charge is 0.277 e. The third-order valence-corrected chi connectivity index (χ3v) is 5.46. The molecule has 152 valence electrons. The van der Waals surface area contributed by atoms with E-state index in [9.17, 15) is 4.79 Å². The Labute approximate surface area is 168 Å². The SMILES string of the molecule is Cn1cc(CNCC2CCN(c3ncc(C(=O)NO)cn3)CC2)c2cccnc21. The van der Waals surface area contributed by atoms with Gasteiger partial charge in [-0.05, 0) is 43.0 Å². The molecule has 3 aromatic heterocycles. The number of pyridine rings is 1. The largest absolute Gasteiger partial charge is 0.341 e. The van der Waals surface area contributed by atoms with Gasteiger partial charge in [-0.2, -0.15) is 0 Å². The van der Waals surface area contributed by atoms with E-state index in [1.807, 2.05) is 19.3 Å². The zero-order valence-corrected chi connectivity index (χ0v) is 16.4. The molecule has 0 saturated carbocycles. The van der Waals surface area contributed by atoms with Gasteiger partial charge in [0.25, 0.3) is 5.91 Å². The highest BCUT2D eigenvalue weighted by atomic mass is 16.5. The number of carbonyl (C=O) groups excluding carboxylic acids is 1. The first-order valence-corrected chi connectivity index (χ1v) is 9.77. The van der Waals surface area contributed by atoms with Gasteiger partial charge in [-0.15, -0.1) is 0 Å². The first-order chi connectivity index (χ1) is 14.2. The first kappa shape index (κ1) is 19.3. The second kappa shape index (κ2) is 8.54. The van der Waals surface area contributed by atoms with Crippen molar-refractivity contribution in [1.82, 2.24) is 30.3 Å². The maximum Gasteiger partial charge on any atom is 0.277 e. The standard InChI is InChI=1S/C20H25N7O2/c1-26-13-16(17-3-2-6-22-18(17)26)10-21-9-14-4-7-27(8-5-14)20-23-11-15(12-24-20)19(28)25-29/h2-3,6,11-14,21,29H,4-5,7-10H2,1H3,(H,25,28). The Kier molecular flexibility index (Phi) is 5.68. The molecule has 3 aromatic rings. The summed E-state index contributed by atoms with van der Waals surface area (Å²) in [5.41, 5.74) is 4.11. The van der Waals surface area contributed by atoms with Crippen LogP contribution in [0.3, 0.4) is 0 Å². The van der Waals surface area contributed by atoms with Gasteiger partial charge in [0, 0.05) is 56.9 Å². The van der Waals surface area contributed by atoms with Crippen molar-refractivity contribution < 1.29 is 10.0 Å². The first-order valence-electron chi connectivity index (χ1n) is 9.77. The molecule has 0 aliphatic carbocycles. The molecule has 0 aromatic carbocycles. The number of aryl methyl sites for hydroxylation is 1. The van der Waals surface area contributed by atoms with Crippen molar-refractivity contribution in [3.63, 3.8) is 0 Å². The third kappa shape index (κ3) is 4.20. The van der Waals surface area contributed by atoms with Crippen molar-refractivity contribution in [3.05, 3.63) is 48.0 Å². The minimum atomic E-state index is -0.608. The lowest BCUT2D eigenvalue weighted by molar-refractivity contribution is 0.0705. The second-order valence-corrected chi connectivity index (χ2v) is 7.41. The normalized spacial score (nSPS) is 15.0. The van der Waals surface area contributed by atoms with E-state index in [-0.39, 0.29) is 5.56 Å². The molecular weight excluding hydrogens is 370 g/mol. The summed E-state index contributed by atoms with van der Waals surface area (Å²) in [6, 6.07) is 4.10. The quantitative estimate of drug-likeness (QED) is 0.429. The molecule has 0 unspecified atom stereocenters. The molecule has 0 radical (unpaired) electrons. The average molecular weight is 395 g/mol. The Balaban J connectivity index is 1.26. The minimum Gasteiger partial charge on any atom is -0.341 e. The maximum atomic E-state index is 11.4. The average Bonchev–Trinajstić information content (AvgIpc) is 3.10. The predicted molar refractivity (Wildman–Crippen MR) is 109 cm³/mol.